The molecule has 0 aliphatic carbocycles. The highest BCUT2D eigenvalue weighted by atomic mass is 32.1. The van der Waals surface area contributed by atoms with Gasteiger partial charge < -0.3 is 4.90 Å². The number of hydrogen-bond acceptors (Lipinski definition) is 3. The first-order valence-electron chi connectivity index (χ1n) is 7.66. The van der Waals surface area contributed by atoms with Crippen LogP contribution in [0.3, 0.4) is 0 Å². The van der Waals surface area contributed by atoms with Crippen molar-refractivity contribution in [1.82, 2.24) is 9.38 Å². The molecule has 1 aromatic carbocycles. The van der Waals surface area contributed by atoms with E-state index in [2.05, 4.69) is 28.6 Å². The van der Waals surface area contributed by atoms with Crippen LogP contribution in [0.5, 0.6) is 0 Å². The zero-order valence-corrected chi connectivity index (χ0v) is 13.9. The van der Waals surface area contributed by atoms with Crippen LogP contribution in [0, 0.1) is 13.8 Å². The topological polar surface area (TPSA) is 37.6 Å². The van der Waals surface area contributed by atoms with E-state index in [1.807, 2.05) is 36.1 Å². The molecule has 4 rings (SSSR count). The lowest BCUT2D eigenvalue weighted by Crippen LogP contribution is -2.26. The molecule has 23 heavy (non-hydrogen) atoms. The lowest BCUT2D eigenvalue weighted by atomic mass is 10.2. The van der Waals surface area contributed by atoms with Crippen LogP contribution in [0.25, 0.3) is 11.0 Å². The summed E-state index contributed by atoms with van der Waals surface area (Å²) in [5.74, 6) is 0.0243. The van der Waals surface area contributed by atoms with Gasteiger partial charge in [-0.15, -0.1) is 11.3 Å². The summed E-state index contributed by atoms with van der Waals surface area (Å²) in [6, 6.07) is 8.10. The quantitative estimate of drug-likeness (QED) is 0.676. The fraction of sp³-hybridized carbons (Fsp3) is 0.222. The van der Waals surface area contributed by atoms with Crippen LogP contribution in [0.2, 0.25) is 0 Å². The van der Waals surface area contributed by atoms with Crippen molar-refractivity contribution in [3.05, 3.63) is 58.4 Å². The van der Waals surface area contributed by atoms with Gasteiger partial charge in [-0.05, 0) is 38.0 Å². The number of thiazole rings is 1. The highest BCUT2D eigenvalue weighted by Crippen LogP contribution is 2.28. The van der Waals surface area contributed by atoms with Crippen LogP contribution in [0.4, 0.5) is 5.69 Å². The van der Waals surface area contributed by atoms with Crippen LogP contribution < -0.4 is 4.90 Å². The number of aromatic nitrogens is 2. The maximum atomic E-state index is 12.6. The number of carbonyl (C=O) groups excluding carboxylic acids is 1. The maximum absolute atomic E-state index is 12.6. The number of hydrogen-bond donors (Lipinski definition) is 0. The van der Waals surface area contributed by atoms with Gasteiger partial charge in [-0.1, -0.05) is 18.2 Å². The van der Waals surface area contributed by atoms with E-state index in [1.54, 1.807) is 17.4 Å². The van der Waals surface area contributed by atoms with Crippen LogP contribution in [0.1, 0.15) is 21.8 Å². The van der Waals surface area contributed by atoms with Crippen LogP contribution in [-0.2, 0) is 11.2 Å². The number of anilines is 1. The van der Waals surface area contributed by atoms with Gasteiger partial charge in [0, 0.05) is 29.4 Å². The number of carbonyl (C=O) groups is 1. The molecule has 0 bridgehead atoms. The summed E-state index contributed by atoms with van der Waals surface area (Å²) in [5, 5.41) is 0. The number of benzene rings is 1. The van der Waals surface area contributed by atoms with Crippen molar-refractivity contribution in [3.8, 4) is 0 Å². The van der Waals surface area contributed by atoms with Crippen LogP contribution in [-0.4, -0.2) is 21.8 Å². The van der Waals surface area contributed by atoms with Gasteiger partial charge in [0.15, 0.2) is 4.96 Å². The van der Waals surface area contributed by atoms with E-state index in [0.29, 0.717) is 0 Å². The van der Waals surface area contributed by atoms with E-state index in [4.69, 9.17) is 0 Å². The predicted molar refractivity (Wildman–Crippen MR) is 94.1 cm³/mol. The summed E-state index contributed by atoms with van der Waals surface area (Å²) >= 11 is 1.66. The number of aryl methyl sites for hydroxylation is 2. The second-order valence-corrected chi connectivity index (χ2v) is 6.99. The summed E-state index contributed by atoms with van der Waals surface area (Å²) in [7, 11) is 0. The Hall–Kier alpha value is -2.40. The summed E-state index contributed by atoms with van der Waals surface area (Å²) in [5.41, 5.74) is 4.20. The van der Waals surface area contributed by atoms with E-state index in [0.717, 1.165) is 35.0 Å². The zero-order chi connectivity index (χ0) is 16.0. The van der Waals surface area contributed by atoms with E-state index in [-0.39, 0.29) is 5.91 Å². The lowest BCUT2D eigenvalue weighted by molar-refractivity contribution is -0.114. The number of imidazole rings is 1. The number of nitrogens with zero attached hydrogens (tertiary/aromatic N) is 3. The normalized spacial score (nSPS) is 14.1. The summed E-state index contributed by atoms with van der Waals surface area (Å²) in [4.78, 5) is 21.1. The molecule has 0 unspecified atom stereocenters. The minimum absolute atomic E-state index is 0.0243. The van der Waals surface area contributed by atoms with Crippen LogP contribution >= 0.6 is 11.3 Å². The predicted octanol–water partition coefficient (Wildman–Crippen LogP) is 3.62. The fourth-order valence-corrected chi connectivity index (χ4v) is 3.97. The van der Waals surface area contributed by atoms with Gasteiger partial charge in [0.2, 0.25) is 0 Å². The number of rotatable bonds is 2. The number of para-hydroxylation sites is 1. The van der Waals surface area contributed by atoms with Gasteiger partial charge in [-0.2, -0.15) is 0 Å². The molecule has 0 saturated heterocycles. The van der Waals surface area contributed by atoms with Gasteiger partial charge in [-0.3, -0.25) is 9.20 Å². The highest BCUT2D eigenvalue weighted by molar-refractivity contribution is 7.17. The van der Waals surface area contributed by atoms with Crippen molar-refractivity contribution in [3.63, 3.8) is 0 Å². The Kier molecular flexibility index (Phi) is 3.31. The third-order valence-corrected chi connectivity index (χ3v) is 5.10. The van der Waals surface area contributed by atoms with Crippen molar-refractivity contribution in [2.75, 3.05) is 11.4 Å². The molecule has 0 fully saturated rings. The number of amides is 1. The monoisotopic (exact) mass is 323 g/mol. The number of fused-ring (bicyclic) bond motifs is 2. The van der Waals surface area contributed by atoms with Gasteiger partial charge in [0.1, 0.15) is 0 Å². The molecule has 1 aliphatic heterocycles. The largest absolute Gasteiger partial charge is 0.308 e. The molecular weight excluding hydrogens is 306 g/mol. The first-order valence-corrected chi connectivity index (χ1v) is 8.48. The minimum atomic E-state index is 0.0243. The van der Waals surface area contributed by atoms with Crippen molar-refractivity contribution < 1.29 is 4.79 Å². The molecule has 3 aromatic rings. The molecule has 0 spiro atoms. The molecule has 0 atom stereocenters. The zero-order valence-electron chi connectivity index (χ0n) is 13.1. The van der Waals surface area contributed by atoms with E-state index in [9.17, 15) is 4.79 Å². The maximum Gasteiger partial charge on any atom is 0.251 e. The van der Waals surface area contributed by atoms with Crippen molar-refractivity contribution in [2.24, 2.45) is 0 Å². The van der Waals surface area contributed by atoms with Gasteiger partial charge in [0.05, 0.1) is 11.4 Å². The van der Waals surface area contributed by atoms with E-state index < -0.39 is 0 Å². The Morgan fingerprint density at radius 2 is 2.13 bits per heavy atom. The Labute approximate surface area is 138 Å². The van der Waals surface area contributed by atoms with Crippen molar-refractivity contribution in [2.45, 2.75) is 20.3 Å². The Morgan fingerprint density at radius 3 is 3.00 bits per heavy atom. The fourth-order valence-electron chi connectivity index (χ4n) is 3.09. The molecule has 1 aliphatic rings. The second kappa shape index (κ2) is 5.35. The van der Waals surface area contributed by atoms with E-state index >= 15 is 0 Å². The first kappa shape index (κ1) is 14.2. The summed E-state index contributed by atoms with van der Waals surface area (Å²) in [6.07, 6.45) is 6.53. The summed E-state index contributed by atoms with van der Waals surface area (Å²) < 4.78 is 2.05. The molecule has 4 nitrogen and oxygen atoms in total. The molecule has 0 radical (unpaired) electrons. The average molecular weight is 323 g/mol. The minimum Gasteiger partial charge on any atom is -0.308 e. The lowest BCUT2D eigenvalue weighted by Gasteiger charge is -2.14. The third kappa shape index (κ3) is 2.37. The smallest absolute Gasteiger partial charge is 0.251 e. The summed E-state index contributed by atoms with van der Waals surface area (Å²) in [6.45, 7) is 4.79. The van der Waals surface area contributed by atoms with Crippen molar-refractivity contribution in [1.29, 1.82) is 0 Å². The Bertz CT molecular complexity index is 935. The molecule has 3 heterocycles. The molecule has 2 aromatic heterocycles. The first-order chi connectivity index (χ1) is 11.1. The van der Waals surface area contributed by atoms with Crippen LogP contribution in [0.15, 0.2) is 36.5 Å². The highest BCUT2D eigenvalue weighted by Gasteiger charge is 2.22. The molecule has 0 N–H and O–H groups in total. The van der Waals surface area contributed by atoms with Gasteiger partial charge in [0.25, 0.3) is 5.91 Å². The van der Waals surface area contributed by atoms with Gasteiger partial charge >= 0.3 is 0 Å². The molecular formula is C18H17N3OS. The van der Waals surface area contributed by atoms with Crippen molar-refractivity contribution >= 4 is 34.0 Å². The molecule has 1 amide bonds. The Balaban J connectivity index is 1.63. The second-order valence-electron chi connectivity index (χ2n) is 5.78. The standard InChI is InChI=1S/C18H17N3OS/c1-12-11-21-15(13(2)19-18(21)23-12)7-8-17(22)20-10-9-14-5-3-4-6-16(14)20/h3-8,11H,9-10H2,1-2H3. The molecule has 5 heteroatoms. The third-order valence-electron chi connectivity index (χ3n) is 4.20. The average Bonchev–Trinajstić information content (AvgIpc) is 3.17. The van der Waals surface area contributed by atoms with Gasteiger partial charge in [-0.25, -0.2) is 4.98 Å². The Morgan fingerprint density at radius 1 is 1.30 bits per heavy atom. The van der Waals surface area contributed by atoms with E-state index in [1.165, 1.54) is 10.4 Å². The SMILES string of the molecule is Cc1cn2c(C=CC(=O)N3CCc4ccccc43)c(C)nc2s1. The molecule has 0 saturated carbocycles. The molecule has 116 valence electrons.